The van der Waals surface area contributed by atoms with Gasteiger partial charge in [-0.3, -0.25) is 14.5 Å². The van der Waals surface area contributed by atoms with Gasteiger partial charge in [0.2, 0.25) is 5.91 Å². The van der Waals surface area contributed by atoms with E-state index in [4.69, 9.17) is 0 Å². The zero-order chi connectivity index (χ0) is 17.0. The summed E-state index contributed by atoms with van der Waals surface area (Å²) in [5.74, 6) is 0.0224. The molecule has 0 saturated carbocycles. The molecule has 0 aliphatic carbocycles. The van der Waals surface area contributed by atoms with Gasteiger partial charge in [0, 0.05) is 30.7 Å². The summed E-state index contributed by atoms with van der Waals surface area (Å²) < 4.78 is 2.98. The van der Waals surface area contributed by atoms with Crippen molar-refractivity contribution in [1.29, 1.82) is 0 Å². The van der Waals surface area contributed by atoms with Crippen molar-refractivity contribution in [2.24, 2.45) is 0 Å². The smallest absolute Gasteiger partial charge is 0.235 e. The molecule has 2 aromatic rings. The molecular weight excluding hydrogens is 320 g/mol. The van der Waals surface area contributed by atoms with Crippen LogP contribution in [0.1, 0.15) is 12.0 Å². The number of anilines is 1. The lowest BCUT2D eigenvalue weighted by molar-refractivity contribution is -0.120. The highest BCUT2D eigenvalue weighted by Crippen LogP contribution is 2.08. The molecule has 1 amide bonds. The minimum atomic E-state index is 0.0224. The minimum Gasteiger partial charge on any atom is -0.385 e. The molecule has 1 unspecified atom stereocenters. The van der Waals surface area contributed by atoms with Gasteiger partial charge in [-0.05, 0) is 36.8 Å². The summed E-state index contributed by atoms with van der Waals surface area (Å²) in [7, 11) is 0. The first-order valence-electron chi connectivity index (χ1n) is 8.01. The Morgan fingerprint density at radius 3 is 2.62 bits per heavy atom. The summed E-state index contributed by atoms with van der Waals surface area (Å²) in [6.07, 6.45) is 7.11. The molecular formula is C18H24N4OS. The van der Waals surface area contributed by atoms with Gasteiger partial charge in [-0.1, -0.05) is 42.3 Å². The number of carbonyl (C=O) groups excluding carboxylic acids is 1. The van der Waals surface area contributed by atoms with Crippen LogP contribution in [0.25, 0.3) is 0 Å². The topological polar surface area (TPSA) is 66.1 Å². The molecule has 5 nitrogen and oxygen atoms in total. The van der Waals surface area contributed by atoms with Gasteiger partial charge in [0.05, 0.1) is 6.54 Å². The Morgan fingerprint density at radius 2 is 1.92 bits per heavy atom. The van der Waals surface area contributed by atoms with Crippen LogP contribution in [-0.4, -0.2) is 36.3 Å². The lowest BCUT2D eigenvalue weighted by atomic mass is 10.0. The van der Waals surface area contributed by atoms with Gasteiger partial charge in [-0.15, -0.1) is 0 Å². The maximum Gasteiger partial charge on any atom is 0.235 e. The molecule has 1 heterocycles. The Kier molecular flexibility index (Phi) is 8.13. The number of pyridine rings is 1. The fourth-order valence-electron chi connectivity index (χ4n) is 2.40. The van der Waals surface area contributed by atoms with Crippen molar-refractivity contribution >= 4 is 23.5 Å². The molecule has 1 aromatic carbocycles. The average molecular weight is 344 g/mol. The maximum atomic E-state index is 12.0. The fourth-order valence-corrected chi connectivity index (χ4v) is 2.68. The number of aromatic nitrogens is 1. The Labute approximate surface area is 147 Å². The van der Waals surface area contributed by atoms with Crippen LogP contribution in [-0.2, 0) is 11.2 Å². The van der Waals surface area contributed by atoms with E-state index < -0.39 is 0 Å². The highest BCUT2D eigenvalue weighted by molar-refractivity contribution is 7.96. The van der Waals surface area contributed by atoms with Crippen LogP contribution in [0.15, 0.2) is 54.9 Å². The summed E-state index contributed by atoms with van der Waals surface area (Å²) in [5, 5.41) is 6.49. The molecule has 2 rings (SSSR count). The summed E-state index contributed by atoms with van der Waals surface area (Å²) in [6, 6.07) is 14.2. The van der Waals surface area contributed by atoms with Crippen molar-refractivity contribution in [3.63, 3.8) is 0 Å². The van der Waals surface area contributed by atoms with Gasteiger partial charge in [-0.2, -0.15) is 0 Å². The molecule has 0 saturated heterocycles. The molecule has 0 radical (unpaired) electrons. The maximum absolute atomic E-state index is 12.0. The molecule has 0 bridgehead atoms. The van der Waals surface area contributed by atoms with Crippen molar-refractivity contribution in [3.05, 3.63) is 60.4 Å². The van der Waals surface area contributed by atoms with Crippen molar-refractivity contribution in [1.82, 2.24) is 15.0 Å². The van der Waals surface area contributed by atoms with E-state index in [1.54, 1.807) is 12.4 Å². The van der Waals surface area contributed by atoms with Crippen LogP contribution >= 0.6 is 11.9 Å². The van der Waals surface area contributed by atoms with Crippen molar-refractivity contribution < 1.29 is 4.79 Å². The quantitative estimate of drug-likeness (QED) is 0.578. The molecule has 24 heavy (non-hydrogen) atoms. The number of hydrogen-bond acceptors (Lipinski definition) is 5. The molecule has 0 aliphatic rings. The highest BCUT2D eigenvalue weighted by Gasteiger charge is 2.12. The van der Waals surface area contributed by atoms with Crippen LogP contribution in [0.3, 0.4) is 0 Å². The Bertz CT molecular complexity index is 594. The third-order valence-electron chi connectivity index (χ3n) is 3.57. The molecule has 6 heteroatoms. The highest BCUT2D eigenvalue weighted by atomic mass is 32.2. The van der Waals surface area contributed by atoms with Crippen LogP contribution in [0.2, 0.25) is 0 Å². The normalized spacial score (nSPS) is 11.7. The first-order valence-corrected chi connectivity index (χ1v) is 9.23. The second kappa shape index (κ2) is 10.7. The van der Waals surface area contributed by atoms with E-state index in [1.807, 2.05) is 36.6 Å². The van der Waals surface area contributed by atoms with Crippen LogP contribution in [0.5, 0.6) is 0 Å². The van der Waals surface area contributed by atoms with E-state index >= 15 is 0 Å². The lowest BCUT2D eigenvalue weighted by Crippen LogP contribution is -2.41. The standard InChI is InChI=1S/C18H24N4OS/c1-24-21-14-18(23)22-17(13-15-5-3-2-4-6-15)9-12-20-16-7-10-19-11-8-16/h2-8,10-11,17,21H,9,12-14H2,1H3,(H,19,20)(H,22,23). The zero-order valence-electron chi connectivity index (χ0n) is 13.9. The van der Waals surface area contributed by atoms with E-state index in [0.29, 0.717) is 6.54 Å². The molecule has 0 aliphatic heterocycles. The van der Waals surface area contributed by atoms with Gasteiger partial charge >= 0.3 is 0 Å². The molecule has 0 spiro atoms. The molecule has 3 N–H and O–H groups in total. The number of hydrogen-bond donors (Lipinski definition) is 3. The number of nitrogens with zero attached hydrogens (tertiary/aromatic N) is 1. The van der Waals surface area contributed by atoms with E-state index in [-0.39, 0.29) is 11.9 Å². The van der Waals surface area contributed by atoms with Crippen molar-refractivity contribution in [2.75, 3.05) is 24.7 Å². The van der Waals surface area contributed by atoms with Gasteiger partial charge in [0.15, 0.2) is 0 Å². The monoisotopic (exact) mass is 344 g/mol. The lowest BCUT2D eigenvalue weighted by Gasteiger charge is -2.19. The Hall–Kier alpha value is -2.05. The molecule has 128 valence electrons. The predicted molar refractivity (Wildman–Crippen MR) is 101 cm³/mol. The molecule has 0 fully saturated rings. The number of amides is 1. The van der Waals surface area contributed by atoms with Crippen molar-refractivity contribution in [3.8, 4) is 0 Å². The van der Waals surface area contributed by atoms with Gasteiger partial charge < -0.3 is 10.6 Å². The number of rotatable bonds is 10. The van der Waals surface area contributed by atoms with Crippen LogP contribution in [0, 0.1) is 0 Å². The van der Waals surface area contributed by atoms with Crippen LogP contribution < -0.4 is 15.4 Å². The summed E-state index contributed by atoms with van der Waals surface area (Å²) in [5.41, 5.74) is 2.27. The second-order valence-corrected chi connectivity index (χ2v) is 6.13. The summed E-state index contributed by atoms with van der Waals surface area (Å²) in [6.45, 7) is 1.11. The van der Waals surface area contributed by atoms with E-state index in [1.165, 1.54) is 17.5 Å². The van der Waals surface area contributed by atoms with Gasteiger partial charge in [0.25, 0.3) is 0 Å². The zero-order valence-corrected chi connectivity index (χ0v) is 14.7. The number of benzene rings is 1. The summed E-state index contributed by atoms with van der Waals surface area (Å²) in [4.78, 5) is 16.0. The fraction of sp³-hybridized carbons (Fsp3) is 0.333. The molecule has 1 atom stereocenters. The van der Waals surface area contributed by atoms with Crippen molar-refractivity contribution in [2.45, 2.75) is 18.9 Å². The van der Waals surface area contributed by atoms with E-state index in [9.17, 15) is 4.79 Å². The van der Waals surface area contributed by atoms with Gasteiger partial charge in [-0.25, -0.2) is 0 Å². The molecule has 1 aromatic heterocycles. The first kappa shape index (κ1) is 18.3. The SMILES string of the molecule is CSNCC(=O)NC(CCNc1ccncc1)Cc1ccccc1. The Morgan fingerprint density at radius 1 is 1.17 bits per heavy atom. The Balaban J connectivity index is 1.87. The van der Waals surface area contributed by atoms with E-state index in [0.717, 1.165) is 25.1 Å². The van der Waals surface area contributed by atoms with E-state index in [2.05, 4.69) is 32.5 Å². The third-order valence-corrected chi connectivity index (χ3v) is 4.00. The van der Waals surface area contributed by atoms with Gasteiger partial charge in [0.1, 0.15) is 0 Å². The van der Waals surface area contributed by atoms with Crippen LogP contribution in [0.4, 0.5) is 5.69 Å². The first-order chi connectivity index (χ1) is 11.8. The summed E-state index contributed by atoms with van der Waals surface area (Å²) >= 11 is 1.45. The predicted octanol–water partition coefficient (Wildman–Crippen LogP) is 2.48. The largest absolute Gasteiger partial charge is 0.385 e. The second-order valence-electron chi connectivity index (χ2n) is 5.43. The average Bonchev–Trinajstić information content (AvgIpc) is 2.61. The number of nitrogens with one attached hydrogen (secondary N) is 3. The third kappa shape index (κ3) is 7.02. The number of carbonyl (C=O) groups is 1. The minimum absolute atomic E-state index is 0.0224.